The van der Waals surface area contributed by atoms with Crippen molar-refractivity contribution in [3.63, 3.8) is 0 Å². The molecule has 4 N–H and O–H groups in total. The molecule has 0 aliphatic heterocycles. The van der Waals surface area contributed by atoms with E-state index in [1.165, 1.54) is 25.2 Å². The van der Waals surface area contributed by atoms with E-state index in [1.807, 2.05) is 91.9 Å². The van der Waals surface area contributed by atoms with E-state index >= 15 is 0 Å². The van der Waals surface area contributed by atoms with E-state index < -0.39 is 34.0 Å². The minimum absolute atomic E-state index is 0.0693. The Morgan fingerprint density at radius 2 is 1.45 bits per heavy atom. The molecule has 4 aromatic rings. The summed E-state index contributed by atoms with van der Waals surface area (Å²) in [7, 11) is -2.36. The first-order valence-electron chi connectivity index (χ1n) is 15.2. The zero-order valence-corrected chi connectivity index (χ0v) is 27.5. The third kappa shape index (κ3) is 10.0. The summed E-state index contributed by atoms with van der Waals surface area (Å²) in [5, 5.41) is 20.4. The molecule has 0 bridgehead atoms. The number of anilines is 1. The van der Waals surface area contributed by atoms with Gasteiger partial charge in [-0.1, -0.05) is 78.7 Å². The largest absolute Gasteiger partial charge is 0.390 e. The first kappa shape index (κ1) is 34.9. The number of carbonyl (C=O) groups is 2. The fourth-order valence-corrected chi connectivity index (χ4v) is 5.52. The van der Waals surface area contributed by atoms with Crippen LogP contribution < -0.4 is 20.3 Å². The lowest BCUT2D eigenvalue weighted by molar-refractivity contribution is 0.0830. The quantitative estimate of drug-likeness (QED) is 0.152. The molecule has 9 nitrogen and oxygen atoms in total. The Morgan fingerprint density at radius 3 is 2.06 bits per heavy atom. The third-order valence-corrected chi connectivity index (χ3v) is 9.01. The summed E-state index contributed by atoms with van der Waals surface area (Å²) < 4.78 is 25.9. The highest BCUT2D eigenvalue weighted by molar-refractivity contribution is 7.92. The predicted molar refractivity (Wildman–Crippen MR) is 186 cm³/mol. The first-order chi connectivity index (χ1) is 22.4. The molecule has 3 atom stereocenters. The van der Waals surface area contributed by atoms with Crippen LogP contribution in [0.1, 0.15) is 55.9 Å². The van der Waals surface area contributed by atoms with Gasteiger partial charge in [0.15, 0.2) is 0 Å². The summed E-state index contributed by atoms with van der Waals surface area (Å²) in [6.07, 6.45) is 5.89. The normalized spacial score (nSPS) is 13.1. The lowest BCUT2D eigenvalue weighted by Gasteiger charge is -2.25. The van der Waals surface area contributed by atoms with Crippen molar-refractivity contribution in [1.29, 1.82) is 0 Å². The second-order valence-corrected chi connectivity index (χ2v) is 13.4. The molecular weight excluding hydrogens is 612 g/mol. The zero-order chi connectivity index (χ0) is 34.0. The van der Waals surface area contributed by atoms with Gasteiger partial charge in [0.25, 0.3) is 11.8 Å². The van der Waals surface area contributed by atoms with Crippen LogP contribution in [-0.4, -0.2) is 57.3 Å². The highest BCUT2D eigenvalue weighted by atomic mass is 32.2. The molecule has 0 aliphatic carbocycles. The van der Waals surface area contributed by atoms with Gasteiger partial charge in [-0.2, -0.15) is 0 Å². The van der Waals surface area contributed by atoms with Crippen LogP contribution in [0.2, 0.25) is 0 Å². The van der Waals surface area contributed by atoms with Gasteiger partial charge in [0.2, 0.25) is 10.0 Å². The van der Waals surface area contributed by atoms with Crippen LogP contribution in [0.4, 0.5) is 5.69 Å². The number of hydrogen-bond acceptors (Lipinski definition) is 6. The summed E-state index contributed by atoms with van der Waals surface area (Å²) in [5.41, 5.74) is 3.83. The van der Waals surface area contributed by atoms with Gasteiger partial charge >= 0.3 is 0 Å². The van der Waals surface area contributed by atoms with E-state index in [0.29, 0.717) is 13.0 Å². The maximum Gasteiger partial charge on any atom is 0.251 e. The number of terminal acetylenes is 1. The number of aliphatic hydroxyl groups excluding tert-OH is 1. The molecule has 3 unspecified atom stereocenters. The van der Waals surface area contributed by atoms with Crippen molar-refractivity contribution < 1.29 is 23.1 Å². The molecule has 4 rings (SSSR count). The first-order valence-corrected chi connectivity index (χ1v) is 17.0. The van der Waals surface area contributed by atoms with Crippen molar-refractivity contribution >= 4 is 27.5 Å². The molecule has 0 aromatic heterocycles. The van der Waals surface area contributed by atoms with Gasteiger partial charge in [0, 0.05) is 36.8 Å². The monoisotopic (exact) mass is 652 g/mol. The summed E-state index contributed by atoms with van der Waals surface area (Å²) in [4.78, 5) is 27.2. The Kier molecular flexibility index (Phi) is 11.9. The lowest BCUT2D eigenvalue weighted by Crippen LogP contribution is -2.48. The van der Waals surface area contributed by atoms with Gasteiger partial charge in [-0.05, 0) is 60.4 Å². The predicted octanol–water partition coefficient (Wildman–Crippen LogP) is 4.05. The van der Waals surface area contributed by atoms with E-state index in [4.69, 9.17) is 6.42 Å². The number of amides is 2. The molecule has 4 aromatic carbocycles. The van der Waals surface area contributed by atoms with Crippen LogP contribution in [0.25, 0.3) is 0 Å². The van der Waals surface area contributed by atoms with Crippen molar-refractivity contribution in [3.05, 3.63) is 137 Å². The van der Waals surface area contributed by atoms with Crippen molar-refractivity contribution in [2.24, 2.45) is 0 Å². The van der Waals surface area contributed by atoms with Crippen molar-refractivity contribution in [2.45, 2.75) is 38.1 Å². The molecule has 0 radical (unpaired) electrons. The molecule has 2 amide bonds. The van der Waals surface area contributed by atoms with Crippen LogP contribution >= 0.6 is 0 Å². The molecule has 0 saturated heterocycles. The molecule has 0 spiro atoms. The Morgan fingerprint density at radius 1 is 0.851 bits per heavy atom. The van der Waals surface area contributed by atoms with Gasteiger partial charge in [0.05, 0.1) is 30.1 Å². The minimum atomic E-state index is -3.71. The smallest absolute Gasteiger partial charge is 0.251 e. The van der Waals surface area contributed by atoms with E-state index in [9.17, 15) is 23.1 Å². The van der Waals surface area contributed by atoms with Crippen LogP contribution in [-0.2, 0) is 23.0 Å². The molecule has 0 fully saturated rings. The fourth-order valence-electron chi connectivity index (χ4n) is 5.03. The average Bonchev–Trinajstić information content (AvgIpc) is 3.07. The SMILES string of the molecule is C#Cc1cccc(CNCC(O)C(Cc2ccccc2)NC(=O)c2cc(C(=O)NC(C)c3ccccc3)cc(N(C)S(C)(=O)=O)c2)c1. The second kappa shape index (κ2) is 16.1. The van der Waals surface area contributed by atoms with Gasteiger partial charge in [0.1, 0.15) is 0 Å². The number of sulfonamides is 1. The van der Waals surface area contributed by atoms with Crippen molar-refractivity contribution in [3.8, 4) is 12.3 Å². The standard InChI is InChI=1S/C37H40N4O5S/c1-5-27-15-12-16-29(19-27)24-38-25-35(42)34(20-28-13-8-6-9-14-28)40-37(44)32-21-31(22-33(23-32)41(3)47(4,45)46)36(43)39-26(2)30-17-10-7-11-18-30/h1,6-19,21-23,26,34-35,38,42H,20,24-25H2,2-4H3,(H,39,43)(H,40,44). The molecule has 0 aliphatic rings. The van der Waals surface area contributed by atoms with E-state index in [-0.39, 0.29) is 29.4 Å². The molecule has 10 heteroatoms. The summed E-state index contributed by atoms with van der Waals surface area (Å²) in [6, 6.07) is 29.6. The molecule has 47 heavy (non-hydrogen) atoms. The highest BCUT2D eigenvalue weighted by Gasteiger charge is 2.25. The van der Waals surface area contributed by atoms with Crippen molar-refractivity contribution in [2.75, 3.05) is 24.2 Å². The molecule has 0 heterocycles. The number of benzene rings is 4. The third-order valence-electron chi connectivity index (χ3n) is 7.81. The van der Waals surface area contributed by atoms with E-state index in [1.54, 1.807) is 0 Å². The second-order valence-electron chi connectivity index (χ2n) is 11.4. The number of rotatable bonds is 14. The minimum Gasteiger partial charge on any atom is -0.390 e. The fraction of sp³-hybridized carbons (Fsp3) is 0.243. The molecule has 244 valence electrons. The zero-order valence-electron chi connectivity index (χ0n) is 26.7. The van der Waals surface area contributed by atoms with Crippen LogP contribution in [0, 0.1) is 12.3 Å². The summed E-state index contributed by atoms with van der Waals surface area (Å²) in [5.74, 6) is 1.57. The van der Waals surface area contributed by atoms with Crippen LogP contribution in [0.5, 0.6) is 0 Å². The Bertz CT molecular complexity index is 1820. The Balaban J connectivity index is 1.58. The van der Waals surface area contributed by atoms with Gasteiger partial charge < -0.3 is 21.1 Å². The molecule has 0 saturated carbocycles. The number of hydrogen-bond donors (Lipinski definition) is 4. The molecular formula is C37H40N4O5S. The topological polar surface area (TPSA) is 128 Å². The average molecular weight is 653 g/mol. The van der Waals surface area contributed by atoms with Gasteiger partial charge in [-0.25, -0.2) is 8.42 Å². The Labute approximate surface area is 277 Å². The number of aliphatic hydroxyl groups is 1. The van der Waals surface area contributed by atoms with Gasteiger partial charge in [-0.3, -0.25) is 13.9 Å². The number of carbonyl (C=O) groups excluding carboxylic acids is 2. The van der Waals surface area contributed by atoms with Gasteiger partial charge in [-0.15, -0.1) is 6.42 Å². The maximum atomic E-state index is 13.8. The van der Waals surface area contributed by atoms with E-state index in [0.717, 1.165) is 32.8 Å². The highest BCUT2D eigenvalue weighted by Crippen LogP contribution is 2.22. The summed E-state index contributed by atoms with van der Waals surface area (Å²) in [6.45, 7) is 2.46. The maximum absolute atomic E-state index is 13.8. The Hall–Kier alpha value is -4.95. The number of nitrogens with zero attached hydrogens (tertiary/aromatic N) is 1. The lowest BCUT2D eigenvalue weighted by atomic mass is 9.99. The van der Waals surface area contributed by atoms with Crippen LogP contribution in [0.3, 0.4) is 0 Å². The number of nitrogens with one attached hydrogen (secondary N) is 3. The summed E-state index contributed by atoms with van der Waals surface area (Å²) >= 11 is 0. The van der Waals surface area contributed by atoms with Crippen LogP contribution in [0.15, 0.2) is 103 Å². The van der Waals surface area contributed by atoms with E-state index in [2.05, 4.69) is 21.9 Å². The van der Waals surface area contributed by atoms with Crippen molar-refractivity contribution in [1.82, 2.24) is 16.0 Å².